The van der Waals surface area contributed by atoms with Crippen LogP contribution in [0.5, 0.6) is 0 Å². The highest BCUT2D eigenvalue weighted by atomic mass is 14.8. The topological polar surface area (TPSA) is 50.7 Å². The molecule has 3 heteroatoms. The van der Waals surface area contributed by atoms with Crippen LogP contribution in [0.2, 0.25) is 0 Å². The van der Waals surface area contributed by atoms with Crippen molar-refractivity contribution in [3.63, 3.8) is 0 Å². The summed E-state index contributed by atoms with van der Waals surface area (Å²) in [5.41, 5.74) is 21.4. The minimum Gasteiger partial charge on any atom is -0.398 e. The summed E-state index contributed by atoms with van der Waals surface area (Å²) in [6, 6.07) is 55.5. The molecule has 6 aromatic carbocycles. The smallest absolute Gasteiger partial charge is 0.0759 e. The molecular formula is C49H43N3. The second-order valence-electron chi connectivity index (χ2n) is 12.8. The van der Waals surface area contributed by atoms with E-state index in [0.29, 0.717) is 17.1 Å². The number of nitrogens with two attached hydrogens (primary N) is 1. The maximum absolute atomic E-state index is 6.86. The Labute approximate surface area is 308 Å². The number of aliphatic imine (C=N–C) groups is 2. The van der Waals surface area contributed by atoms with Crippen LogP contribution in [0.15, 0.2) is 199 Å². The molecule has 0 aromatic heterocycles. The molecule has 0 aliphatic heterocycles. The molecule has 0 bridgehead atoms. The van der Waals surface area contributed by atoms with Gasteiger partial charge in [-0.3, -0.25) is 0 Å². The average molecular weight is 674 g/mol. The summed E-state index contributed by atoms with van der Waals surface area (Å²) >= 11 is 0. The van der Waals surface area contributed by atoms with Crippen LogP contribution in [0, 0.1) is 6.92 Å². The predicted molar refractivity (Wildman–Crippen MR) is 224 cm³/mol. The summed E-state index contributed by atoms with van der Waals surface area (Å²) in [7, 11) is 0. The minimum absolute atomic E-state index is 0.606. The number of aryl methyl sites for hydroxylation is 1. The van der Waals surface area contributed by atoms with Gasteiger partial charge in [0, 0.05) is 33.5 Å². The van der Waals surface area contributed by atoms with E-state index in [4.69, 9.17) is 15.7 Å². The molecule has 0 aliphatic carbocycles. The van der Waals surface area contributed by atoms with Gasteiger partial charge in [0.2, 0.25) is 0 Å². The second kappa shape index (κ2) is 16.4. The van der Waals surface area contributed by atoms with Crippen LogP contribution < -0.4 is 5.73 Å². The van der Waals surface area contributed by atoms with Gasteiger partial charge in [0.25, 0.3) is 0 Å². The average Bonchev–Trinajstić information content (AvgIpc) is 3.20. The molecule has 0 heterocycles. The summed E-state index contributed by atoms with van der Waals surface area (Å²) < 4.78 is 0. The van der Waals surface area contributed by atoms with E-state index in [2.05, 4.69) is 118 Å². The van der Waals surface area contributed by atoms with Gasteiger partial charge in [0.1, 0.15) is 0 Å². The Bertz CT molecular complexity index is 2330. The molecule has 254 valence electrons. The number of rotatable bonds is 11. The van der Waals surface area contributed by atoms with Crippen molar-refractivity contribution in [2.45, 2.75) is 20.8 Å². The summed E-state index contributed by atoms with van der Waals surface area (Å²) in [6.45, 7) is 15.2. The van der Waals surface area contributed by atoms with Crippen LogP contribution in [-0.4, -0.2) is 11.4 Å². The maximum Gasteiger partial charge on any atom is 0.0759 e. The molecule has 0 saturated heterocycles. The minimum atomic E-state index is 0.606. The van der Waals surface area contributed by atoms with Gasteiger partial charge in [-0.05, 0) is 78.4 Å². The van der Waals surface area contributed by atoms with Crippen LogP contribution in [0.3, 0.4) is 0 Å². The summed E-state index contributed by atoms with van der Waals surface area (Å²) in [6.07, 6.45) is 2.13. The monoisotopic (exact) mass is 673 g/mol. The SMILES string of the molecule is C=C(N=C(/C=C(\C)c1ccccc1)c1ccccc1)c1cc(C(=C)N=C(/C(C)=C(\N)c2ccccc2C)c2ccccc2)cc(-c2ccccc2)c1. The lowest BCUT2D eigenvalue weighted by molar-refractivity contribution is 1.36. The zero-order chi connectivity index (χ0) is 36.5. The van der Waals surface area contributed by atoms with E-state index in [1.807, 2.05) is 85.8 Å². The zero-order valence-electron chi connectivity index (χ0n) is 30.1. The Morgan fingerprint density at radius 1 is 0.519 bits per heavy atom. The Morgan fingerprint density at radius 3 is 1.58 bits per heavy atom. The van der Waals surface area contributed by atoms with Crippen molar-refractivity contribution in [3.8, 4) is 11.1 Å². The summed E-state index contributed by atoms with van der Waals surface area (Å²) in [5, 5.41) is 0. The molecule has 52 heavy (non-hydrogen) atoms. The van der Waals surface area contributed by atoms with Crippen LogP contribution in [0.1, 0.15) is 52.8 Å². The number of hydrogen-bond donors (Lipinski definition) is 1. The van der Waals surface area contributed by atoms with E-state index < -0.39 is 0 Å². The van der Waals surface area contributed by atoms with E-state index in [0.717, 1.165) is 72.6 Å². The predicted octanol–water partition coefficient (Wildman–Crippen LogP) is 12.1. The van der Waals surface area contributed by atoms with Crippen LogP contribution in [0.25, 0.3) is 33.8 Å². The number of allylic oxidation sites excluding steroid dienone is 3. The van der Waals surface area contributed by atoms with Gasteiger partial charge in [-0.1, -0.05) is 159 Å². The standard InChI is InChI=1S/C49H43N3/c1-34-20-18-19-29-46(34)48(50)36(3)49(42-27-16-9-17-28-42)52-38(5)44-31-43(32-45(33-44)40-23-12-7-13-24-40)37(4)51-47(41-25-14-8-15-26-41)30-35(2)39-21-10-6-11-22-39/h6-33H,4-5,50H2,1-3H3/b35-30+,48-36-,51-47?,52-49?. The second-order valence-corrected chi connectivity index (χ2v) is 12.8. The molecule has 0 saturated carbocycles. The lowest BCUT2D eigenvalue weighted by Crippen LogP contribution is -2.11. The molecule has 6 rings (SSSR count). The molecule has 3 nitrogen and oxygen atoms in total. The molecule has 0 atom stereocenters. The normalized spacial score (nSPS) is 12.6. The van der Waals surface area contributed by atoms with Crippen LogP contribution in [0.4, 0.5) is 0 Å². The fourth-order valence-electron chi connectivity index (χ4n) is 6.11. The third kappa shape index (κ3) is 8.40. The highest BCUT2D eigenvalue weighted by Crippen LogP contribution is 2.31. The molecule has 0 amide bonds. The van der Waals surface area contributed by atoms with Gasteiger partial charge in [0.05, 0.1) is 22.8 Å². The molecule has 0 radical (unpaired) electrons. The van der Waals surface area contributed by atoms with Crippen molar-refractivity contribution < 1.29 is 0 Å². The Balaban J connectivity index is 1.48. The van der Waals surface area contributed by atoms with Crippen molar-refractivity contribution in [1.29, 1.82) is 0 Å². The molecule has 0 aliphatic rings. The molecule has 0 unspecified atom stereocenters. The highest BCUT2D eigenvalue weighted by Gasteiger charge is 2.15. The van der Waals surface area contributed by atoms with E-state index >= 15 is 0 Å². The first kappa shape index (κ1) is 35.3. The summed E-state index contributed by atoms with van der Waals surface area (Å²) in [4.78, 5) is 10.4. The first-order chi connectivity index (χ1) is 25.3. The van der Waals surface area contributed by atoms with Gasteiger partial charge >= 0.3 is 0 Å². The molecule has 6 aromatic rings. The lowest BCUT2D eigenvalue weighted by Gasteiger charge is -2.15. The Kier molecular flexibility index (Phi) is 11.1. The molecule has 0 fully saturated rings. The highest BCUT2D eigenvalue weighted by molar-refractivity contribution is 6.18. The first-order valence-electron chi connectivity index (χ1n) is 17.4. The lowest BCUT2D eigenvalue weighted by atomic mass is 9.95. The van der Waals surface area contributed by atoms with Crippen molar-refractivity contribution >= 4 is 34.1 Å². The quantitative estimate of drug-likeness (QED) is 0.137. The van der Waals surface area contributed by atoms with Crippen LogP contribution >= 0.6 is 0 Å². The van der Waals surface area contributed by atoms with Gasteiger partial charge in [-0.25, -0.2) is 9.98 Å². The maximum atomic E-state index is 6.86. The Hall–Kier alpha value is -6.58. The van der Waals surface area contributed by atoms with Gasteiger partial charge in [-0.2, -0.15) is 0 Å². The largest absolute Gasteiger partial charge is 0.398 e. The number of nitrogens with zero attached hydrogens (tertiary/aromatic N) is 2. The fourth-order valence-corrected chi connectivity index (χ4v) is 6.11. The van der Waals surface area contributed by atoms with Crippen molar-refractivity contribution in [2.75, 3.05) is 0 Å². The van der Waals surface area contributed by atoms with E-state index in [1.165, 1.54) is 0 Å². The van der Waals surface area contributed by atoms with E-state index in [1.54, 1.807) is 0 Å². The number of benzene rings is 6. The van der Waals surface area contributed by atoms with Gasteiger partial charge < -0.3 is 5.73 Å². The van der Waals surface area contributed by atoms with Gasteiger partial charge in [-0.15, -0.1) is 0 Å². The fraction of sp³-hybridized carbons (Fsp3) is 0.0612. The van der Waals surface area contributed by atoms with Gasteiger partial charge in [0.15, 0.2) is 0 Å². The molecular weight excluding hydrogens is 631 g/mol. The molecule has 2 N–H and O–H groups in total. The van der Waals surface area contributed by atoms with Crippen molar-refractivity contribution in [2.24, 2.45) is 15.7 Å². The van der Waals surface area contributed by atoms with Crippen molar-refractivity contribution in [3.05, 3.63) is 228 Å². The third-order valence-electron chi connectivity index (χ3n) is 9.10. The number of hydrogen-bond acceptors (Lipinski definition) is 3. The first-order valence-corrected chi connectivity index (χ1v) is 17.4. The zero-order valence-corrected chi connectivity index (χ0v) is 30.1. The summed E-state index contributed by atoms with van der Waals surface area (Å²) in [5.74, 6) is 0. The van der Waals surface area contributed by atoms with E-state index in [-0.39, 0.29) is 0 Å². The molecule has 0 spiro atoms. The Morgan fingerprint density at radius 2 is 1.00 bits per heavy atom. The van der Waals surface area contributed by atoms with Crippen LogP contribution in [-0.2, 0) is 0 Å². The van der Waals surface area contributed by atoms with Crippen molar-refractivity contribution in [1.82, 2.24) is 0 Å². The third-order valence-corrected chi connectivity index (χ3v) is 9.10. The van der Waals surface area contributed by atoms with E-state index in [9.17, 15) is 0 Å².